The van der Waals surface area contributed by atoms with Gasteiger partial charge in [0.15, 0.2) is 0 Å². The van der Waals surface area contributed by atoms with Crippen molar-refractivity contribution in [3.63, 3.8) is 0 Å². The van der Waals surface area contributed by atoms with Crippen molar-refractivity contribution in [3.8, 4) is 0 Å². The molecule has 4 nitrogen and oxygen atoms in total. The van der Waals surface area contributed by atoms with Gasteiger partial charge in [-0.25, -0.2) is 4.79 Å². The van der Waals surface area contributed by atoms with Crippen LogP contribution in [0.15, 0.2) is 6.07 Å². The average Bonchev–Trinajstić information content (AvgIpc) is 2.72. The molecule has 0 spiro atoms. The quantitative estimate of drug-likeness (QED) is 0.876. The van der Waals surface area contributed by atoms with E-state index in [2.05, 4.69) is 6.92 Å². The zero-order valence-corrected chi connectivity index (χ0v) is 13.6. The van der Waals surface area contributed by atoms with Gasteiger partial charge in [0.2, 0.25) is 0 Å². The Morgan fingerprint density at radius 1 is 1.35 bits per heavy atom. The van der Waals surface area contributed by atoms with Crippen LogP contribution in [0.4, 0.5) is 0 Å². The van der Waals surface area contributed by atoms with Crippen LogP contribution < -0.4 is 0 Å². The van der Waals surface area contributed by atoms with Crippen molar-refractivity contribution in [2.45, 2.75) is 53.0 Å². The predicted octanol–water partition coefficient (Wildman–Crippen LogP) is 3.33. The molecular weight excluding hydrogens is 274 g/mol. The third-order valence-corrected chi connectivity index (χ3v) is 4.59. The highest BCUT2D eigenvalue weighted by Crippen LogP contribution is 2.26. The zero-order valence-electron chi connectivity index (χ0n) is 12.8. The summed E-state index contributed by atoms with van der Waals surface area (Å²) in [5, 5.41) is 9.29. The fraction of sp³-hybridized carbons (Fsp3) is 0.600. The van der Waals surface area contributed by atoms with Crippen LogP contribution in [-0.4, -0.2) is 34.0 Å². The highest BCUT2D eigenvalue weighted by molar-refractivity contribution is 7.14. The number of rotatable bonds is 6. The maximum absolute atomic E-state index is 12.6. The van der Waals surface area contributed by atoms with E-state index in [9.17, 15) is 14.7 Å². The lowest BCUT2D eigenvalue weighted by Gasteiger charge is -2.33. The van der Waals surface area contributed by atoms with E-state index < -0.39 is 11.5 Å². The summed E-state index contributed by atoms with van der Waals surface area (Å²) in [5.41, 5.74) is -0.0145. The van der Waals surface area contributed by atoms with Crippen molar-refractivity contribution in [3.05, 3.63) is 21.4 Å². The van der Waals surface area contributed by atoms with Crippen molar-refractivity contribution in [2.75, 3.05) is 6.54 Å². The van der Waals surface area contributed by atoms with Gasteiger partial charge in [0.25, 0.3) is 5.91 Å². The molecule has 112 valence electrons. The standard InChI is InChI=1S/C15H23NO3S/c1-6-8-11-9-12(20-10(11)3)13(17)16(7-2)15(4,5)14(18)19/h9H,6-8H2,1-5H3,(H,18,19). The van der Waals surface area contributed by atoms with E-state index in [1.807, 2.05) is 13.0 Å². The molecule has 1 amide bonds. The highest BCUT2D eigenvalue weighted by Gasteiger charge is 2.37. The Hall–Kier alpha value is -1.36. The smallest absolute Gasteiger partial charge is 0.329 e. The first kappa shape index (κ1) is 16.7. The van der Waals surface area contributed by atoms with Crippen LogP contribution in [-0.2, 0) is 11.2 Å². The van der Waals surface area contributed by atoms with Crippen LogP contribution in [0.2, 0.25) is 0 Å². The summed E-state index contributed by atoms with van der Waals surface area (Å²) in [6, 6.07) is 1.91. The molecule has 0 aromatic carbocycles. The van der Waals surface area contributed by atoms with Crippen LogP contribution in [0.5, 0.6) is 0 Å². The average molecular weight is 297 g/mol. The molecule has 0 unspecified atom stereocenters. The van der Waals surface area contributed by atoms with Crippen molar-refractivity contribution in [1.82, 2.24) is 4.90 Å². The molecule has 0 bridgehead atoms. The molecule has 1 heterocycles. The Morgan fingerprint density at radius 3 is 2.40 bits per heavy atom. The number of carboxylic acid groups (broad SMARTS) is 1. The van der Waals surface area contributed by atoms with E-state index in [0.717, 1.165) is 17.7 Å². The summed E-state index contributed by atoms with van der Waals surface area (Å²) in [7, 11) is 0. The number of likely N-dealkylation sites (N-methyl/N-ethyl adjacent to an activating group) is 1. The van der Waals surface area contributed by atoms with Gasteiger partial charge in [-0.1, -0.05) is 13.3 Å². The van der Waals surface area contributed by atoms with E-state index in [1.165, 1.54) is 21.8 Å². The highest BCUT2D eigenvalue weighted by atomic mass is 32.1. The topological polar surface area (TPSA) is 57.6 Å². The lowest BCUT2D eigenvalue weighted by atomic mass is 10.0. The molecule has 1 N–H and O–H groups in total. The SMILES string of the molecule is CCCc1cc(C(=O)N(CC)C(C)(C)C(=O)O)sc1C. The monoisotopic (exact) mass is 297 g/mol. The Morgan fingerprint density at radius 2 is 1.95 bits per heavy atom. The van der Waals surface area contributed by atoms with Gasteiger partial charge in [0, 0.05) is 11.4 Å². The number of hydrogen-bond acceptors (Lipinski definition) is 3. The van der Waals surface area contributed by atoms with Crippen molar-refractivity contribution in [1.29, 1.82) is 0 Å². The van der Waals surface area contributed by atoms with E-state index in [-0.39, 0.29) is 5.91 Å². The summed E-state index contributed by atoms with van der Waals surface area (Å²) in [5.74, 6) is -1.19. The molecule has 0 aliphatic heterocycles. The second kappa shape index (κ2) is 6.39. The summed E-state index contributed by atoms with van der Waals surface area (Å²) in [6.45, 7) is 9.40. The molecule has 0 atom stereocenters. The number of aryl methyl sites for hydroxylation is 2. The summed E-state index contributed by atoms with van der Waals surface area (Å²) in [6.07, 6.45) is 1.98. The van der Waals surface area contributed by atoms with Crippen LogP contribution in [0, 0.1) is 6.92 Å². The molecule has 1 aromatic rings. The van der Waals surface area contributed by atoms with Crippen LogP contribution >= 0.6 is 11.3 Å². The molecule has 0 aliphatic rings. The van der Waals surface area contributed by atoms with Gasteiger partial charge < -0.3 is 10.0 Å². The van der Waals surface area contributed by atoms with E-state index >= 15 is 0 Å². The minimum atomic E-state index is -1.20. The number of carbonyl (C=O) groups excluding carboxylic acids is 1. The van der Waals surface area contributed by atoms with Crippen LogP contribution in [0.25, 0.3) is 0 Å². The van der Waals surface area contributed by atoms with Crippen molar-refractivity contribution < 1.29 is 14.7 Å². The van der Waals surface area contributed by atoms with Crippen molar-refractivity contribution in [2.24, 2.45) is 0 Å². The number of hydrogen-bond donors (Lipinski definition) is 1. The van der Waals surface area contributed by atoms with Gasteiger partial charge in [0.1, 0.15) is 5.54 Å². The minimum absolute atomic E-state index is 0.199. The fourth-order valence-corrected chi connectivity index (χ4v) is 3.20. The van der Waals surface area contributed by atoms with Crippen LogP contribution in [0.3, 0.4) is 0 Å². The third kappa shape index (κ3) is 3.20. The maximum atomic E-state index is 12.6. The minimum Gasteiger partial charge on any atom is -0.480 e. The molecule has 1 rings (SSSR count). The fourth-order valence-electron chi connectivity index (χ4n) is 2.18. The molecule has 5 heteroatoms. The predicted molar refractivity (Wildman–Crippen MR) is 81.5 cm³/mol. The van der Waals surface area contributed by atoms with Gasteiger partial charge >= 0.3 is 5.97 Å². The number of amides is 1. The summed E-state index contributed by atoms with van der Waals surface area (Å²) in [4.78, 5) is 27.1. The van der Waals surface area contributed by atoms with E-state index in [1.54, 1.807) is 20.8 Å². The lowest BCUT2D eigenvalue weighted by Crippen LogP contribution is -2.52. The van der Waals surface area contributed by atoms with Gasteiger partial charge in [-0.3, -0.25) is 4.79 Å². The second-order valence-electron chi connectivity index (χ2n) is 5.36. The van der Waals surface area contributed by atoms with Crippen LogP contribution in [0.1, 0.15) is 54.2 Å². The molecule has 0 saturated carbocycles. The number of aliphatic carboxylic acids is 1. The molecule has 20 heavy (non-hydrogen) atoms. The summed E-state index contributed by atoms with van der Waals surface area (Å²) < 4.78 is 0. The first-order chi connectivity index (χ1) is 9.25. The Kier molecular flexibility index (Phi) is 5.34. The maximum Gasteiger partial charge on any atom is 0.329 e. The lowest BCUT2D eigenvalue weighted by molar-refractivity contribution is -0.147. The second-order valence-corrected chi connectivity index (χ2v) is 6.61. The first-order valence-electron chi connectivity index (χ1n) is 6.90. The van der Waals surface area contributed by atoms with Gasteiger partial charge in [0.05, 0.1) is 4.88 Å². The van der Waals surface area contributed by atoms with Crippen molar-refractivity contribution >= 4 is 23.2 Å². The zero-order chi connectivity index (χ0) is 15.5. The molecule has 0 fully saturated rings. The molecule has 0 saturated heterocycles. The number of carboxylic acids is 1. The molecule has 0 aliphatic carbocycles. The summed E-state index contributed by atoms with van der Waals surface area (Å²) >= 11 is 1.45. The Bertz CT molecular complexity index is 505. The number of thiophene rings is 1. The largest absolute Gasteiger partial charge is 0.480 e. The molecule has 1 aromatic heterocycles. The third-order valence-electron chi connectivity index (χ3n) is 3.51. The van der Waals surface area contributed by atoms with Gasteiger partial charge in [-0.05, 0) is 45.7 Å². The Balaban J connectivity index is 3.09. The number of nitrogens with zero attached hydrogens (tertiary/aromatic N) is 1. The molecule has 0 radical (unpaired) electrons. The number of carbonyl (C=O) groups is 2. The Labute approximate surface area is 124 Å². The van der Waals surface area contributed by atoms with E-state index in [0.29, 0.717) is 11.4 Å². The molecular formula is C15H23NO3S. The normalized spacial score (nSPS) is 11.4. The van der Waals surface area contributed by atoms with Gasteiger partial charge in [-0.2, -0.15) is 0 Å². The van der Waals surface area contributed by atoms with Gasteiger partial charge in [-0.15, -0.1) is 11.3 Å². The van der Waals surface area contributed by atoms with E-state index in [4.69, 9.17) is 0 Å². The first-order valence-corrected chi connectivity index (χ1v) is 7.72.